The molecule has 1 aliphatic rings. The fraction of sp³-hybridized carbons (Fsp3) is 0.545. The lowest BCUT2D eigenvalue weighted by molar-refractivity contribution is 0.112. The van der Waals surface area contributed by atoms with E-state index in [1.165, 1.54) is 17.0 Å². The predicted octanol–water partition coefficient (Wildman–Crippen LogP) is 2.65. The van der Waals surface area contributed by atoms with E-state index in [9.17, 15) is 4.79 Å². The van der Waals surface area contributed by atoms with Crippen molar-refractivity contribution in [1.82, 2.24) is 0 Å². The highest BCUT2D eigenvalue weighted by atomic mass is 32.1. The quantitative estimate of drug-likeness (QED) is 0.698. The smallest absolute Gasteiger partial charge is 0.160 e. The number of rotatable bonds is 2. The van der Waals surface area contributed by atoms with Crippen LogP contribution in [0.3, 0.4) is 0 Å². The minimum Gasteiger partial charge on any atom is -0.370 e. The summed E-state index contributed by atoms with van der Waals surface area (Å²) >= 11 is 1.53. The molecule has 0 spiro atoms. The van der Waals surface area contributed by atoms with E-state index < -0.39 is 0 Å². The molecule has 2 atom stereocenters. The van der Waals surface area contributed by atoms with Crippen LogP contribution in [0.2, 0.25) is 0 Å². The van der Waals surface area contributed by atoms with Crippen molar-refractivity contribution in [3.8, 4) is 0 Å². The lowest BCUT2D eigenvalue weighted by Gasteiger charge is -2.15. The molecule has 2 unspecified atom stereocenters. The van der Waals surface area contributed by atoms with Crippen molar-refractivity contribution in [2.24, 2.45) is 11.8 Å². The Morgan fingerprint density at radius 3 is 2.57 bits per heavy atom. The fourth-order valence-electron chi connectivity index (χ4n) is 1.91. The van der Waals surface area contributed by atoms with Gasteiger partial charge in [-0.15, -0.1) is 11.3 Å². The van der Waals surface area contributed by atoms with Crippen molar-refractivity contribution in [2.45, 2.75) is 13.8 Å². The Balaban J connectivity index is 2.12. The minimum atomic E-state index is 0.759. The molecular formula is C11H15NOS. The maximum absolute atomic E-state index is 10.6. The number of nitrogens with zero attached hydrogens (tertiary/aromatic N) is 1. The molecule has 1 aromatic heterocycles. The van der Waals surface area contributed by atoms with Crippen LogP contribution < -0.4 is 4.90 Å². The summed E-state index contributed by atoms with van der Waals surface area (Å²) in [5, 5.41) is 2.08. The fourth-order valence-corrected chi connectivity index (χ4v) is 2.63. The van der Waals surface area contributed by atoms with E-state index in [0.717, 1.165) is 36.1 Å². The molecule has 2 rings (SSSR count). The molecule has 14 heavy (non-hydrogen) atoms. The molecule has 0 radical (unpaired) electrons. The second kappa shape index (κ2) is 3.73. The van der Waals surface area contributed by atoms with Gasteiger partial charge in [-0.1, -0.05) is 13.8 Å². The molecule has 76 valence electrons. The van der Waals surface area contributed by atoms with Crippen LogP contribution in [0.25, 0.3) is 0 Å². The number of carbonyl (C=O) groups is 1. The third-order valence-electron chi connectivity index (χ3n) is 3.08. The SMILES string of the molecule is CC1CN(c2csc(C=O)c2)CC1C. The molecule has 0 aromatic carbocycles. The molecule has 1 fully saturated rings. The third kappa shape index (κ3) is 1.69. The highest BCUT2D eigenvalue weighted by molar-refractivity contribution is 7.12. The highest BCUT2D eigenvalue weighted by Gasteiger charge is 2.26. The summed E-state index contributed by atoms with van der Waals surface area (Å²) < 4.78 is 0. The molecule has 0 aliphatic carbocycles. The van der Waals surface area contributed by atoms with Crippen LogP contribution >= 0.6 is 11.3 Å². The van der Waals surface area contributed by atoms with Crippen LogP contribution in [0.15, 0.2) is 11.4 Å². The number of anilines is 1. The molecule has 1 aromatic rings. The van der Waals surface area contributed by atoms with Crippen molar-refractivity contribution in [1.29, 1.82) is 0 Å². The molecule has 1 aliphatic heterocycles. The van der Waals surface area contributed by atoms with Gasteiger partial charge in [-0.05, 0) is 17.9 Å². The first-order valence-corrected chi connectivity index (χ1v) is 5.87. The Morgan fingerprint density at radius 1 is 1.43 bits per heavy atom. The summed E-state index contributed by atoms with van der Waals surface area (Å²) in [7, 11) is 0. The largest absolute Gasteiger partial charge is 0.370 e. The van der Waals surface area contributed by atoms with Crippen LogP contribution in [0.5, 0.6) is 0 Å². The van der Waals surface area contributed by atoms with Gasteiger partial charge in [0.05, 0.1) is 4.88 Å². The summed E-state index contributed by atoms with van der Waals surface area (Å²) in [6.45, 7) is 6.82. The zero-order valence-corrected chi connectivity index (χ0v) is 9.38. The predicted molar refractivity (Wildman–Crippen MR) is 60.2 cm³/mol. The summed E-state index contributed by atoms with van der Waals surface area (Å²) in [6, 6.07) is 1.99. The molecule has 1 saturated heterocycles. The van der Waals surface area contributed by atoms with Gasteiger partial charge >= 0.3 is 0 Å². The lowest BCUT2D eigenvalue weighted by atomic mass is 10.0. The Morgan fingerprint density at radius 2 is 2.07 bits per heavy atom. The molecule has 0 N–H and O–H groups in total. The number of carbonyl (C=O) groups excluding carboxylic acids is 1. The molecular weight excluding hydrogens is 194 g/mol. The number of thiophene rings is 1. The maximum Gasteiger partial charge on any atom is 0.160 e. The van der Waals surface area contributed by atoms with Crippen LogP contribution in [0.1, 0.15) is 23.5 Å². The maximum atomic E-state index is 10.6. The molecule has 0 saturated carbocycles. The van der Waals surface area contributed by atoms with Crippen molar-refractivity contribution < 1.29 is 4.79 Å². The number of aldehydes is 1. The van der Waals surface area contributed by atoms with Gasteiger partial charge in [0, 0.05) is 24.2 Å². The summed E-state index contributed by atoms with van der Waals surface area (Å²) in [6.07, 6.45) is 0.928. The first-order valence-electron chi connectivity index (χ1n) is 4.99. The van der Waals surface area contributed by atoms with Crippen molar-refractivity contribution >= 4 is 23.3 Å². The third-order valence-corrected chi connectivity index (χ3v) is 3.92. The van der Waals surface area contributed by atoms with Crippen LogP contribution in [0.4, 0.5) is 5.69 Å². The van der Waals surface area contributed by atoms with Crippen LogP contribution in [-0.4, -0.2) is 19.4 Å². The van der Waals surface area contributed by atoms with E-state index in [1.807, 2.05) is 6.07 Å². The zero-order valence-electron chi connectivity index (χ0n) is 8.56. The van der Waals surface area contributed by atoms with Gasteiger partial charge < -0.3 is 4.90 Å². The monoisotopic (exact) mass is 209 g/mol. The van der Waals surface area contributed by atoms with Gasteiger partial charge in [0.25, 0.3) is 0 Å². The standard InChI is InChI=1S/C11H15NOS/c1-8-4-12(5-9(8)2)10-3-11(6-13)14-7-10/h3,6-9H,4-5H2,1-2H3. The topological polar surface area (TPSA) is 20.3 Å². The van der Waals surface area contributed by atoms with Gasteiger partial charge in [-0.2, -0.15) is 0 Å². The first kappa shape index (κ1) is 9.71. The van der Waals surface area contributed by atoms with Gasteiger partial charge in [0.15, 0.2) is 6.29 Å². The summed E-state index contributed by atoms with van der Waals surface area (Å²) in [5.74, 6) is 1.52. The van der Waals surface area contributed by atoms with Crippen molar-refractivity contribution in [2.75, 3.05) is 18.0 Å². The Kier molecular flexibility index (Phi) is 2.59. The molecule has 3 heteroatoms. The van der Waals surface area contributed by atoms with E-state index in [1.54, 1.807) is 0 Å². The van der Waals surface area contributed by atoms with Gasteiger partial charge in [-0.3, -0.25) is 4.79 Å². The summed E-state index contributed by atoms with van der Waals surface area (Å²) in [4.78, 5) is 13.8. The molecule has 2 nitrogen and oxygen atoms in total. The average Bonchev–Trinajstić information content (AvgIpc) is 2.74. The average molecular weight is 209 g/mol. The Hall–Kier alpha value is -0.830. The molecule has 0 bridgehead atoms. The van der Waals surface area contributed by atoms with E-state index in [4.69, 9.17) is 0 Å². The van der Waals surface area contributed by atoms with Crippen LogP contribution in [0, 0.1) is 11.8 Å². The van der Waals surface area contributed by atoms with Crippen LogP contribution in [-0.2, 0) is 0 Å². The van der Waals surface area contributed by atoms with Crippen molar-refractivity contribution in [3.63, 3.8) is 0 Å². The minimum absolute atomic E-state index is 0.759. The van der Waals surface area contributed by atoms with E-state index >= 15 is 0 Å². The zero-order chi connectivity index (χ0) is 10.1. The van der Waals surface area contributed by atoms with E-state index in [2.05, 4.69) is 24.1 Å². The van der Waals surface area contributed by atoms with E-state index in [0.29, 0.717) is 0 Å². The van der Waals surface area contributed by atoms with Gasteiger partial charge in [0.2, 0.25) is 0 Å². The lowest BCUT2D eigenvalue weighted by Crippen LogP contribution is -2.18. The van der Waals surface area contributed by atoms with Gasteiger partial charge in [0.1, 0.15) is 0 Å². The second-order valence-corrected chi connectivity index (χ2v) is 5.13. The summed E-state index contributed by atoms with van der Waals surface area (Å²) in [5.41, 5.74) is 1.22. The second-order valence-electron chi connectivity index (χ2n) is 4.18. The number of hydrogen-bond donors (Lipinski definition) is 0. The highest BCUT2D eigenvalue weighted by Crippen LogP contribution is 2.30. The van der Waals surface area contributed by atoms with Crippen molar-refractivity contribution in [3.05, 3.63) is 16.3 Å². The number of hydrogen-bond acceptors (Lipinski definition) is 3. The van der Waals surface area contributed by atoms with E-state index in [-0.39, 0.29) is 0 Å². The Bertz CT molecular complexity index is 324. The Labute approximate surface area is 88.5 Å². The first-order chi connectivity index (χ1) is 6.70. The molecule has 0 amide bonds. The molecule has 2 heterocycles. The normalized spacial score (nSPS) is 26.9. The van der Waals surface area contributed by atoms with Gasteiger partial charge in [-0.25, -0.2) is 0 Å².